The molecule has 0 aliphatic rings. The van der Waals surface area contributed by atoms with E-state index in [1.54, 1.807) is 49.4 Å². The monoisotopic (exact) mass is 425 g/mol. The van der Waals surface area contributed by atoms with Crippen LogP contribution in [0.4, 0.5) is 11.4 Å². The van der Waals surface area contributed by atoms with Crippen molar-refractivity contribution in [1.29, 1.82) is 0 Å². The smallest absolute Gasteiger partial charge is 0.243 e. The highest BCUT2D eigenvalue weighted by molar-refractivity contribution is 7.89. The molecule has 0 radical (unpaired) electrons. The lowest BCUT2D eigenvalue weighted by atomic mass is 10.1. The van der Waals surface area contributed by atoms with Crippen molar-refractivity contribution in [1.82, 2.24) is 4.31 Å². The molecule has 0 saturated carbocycles. The van der Waals surface area contributed by atoms with Crippen molar-refractivity contribution < 1.29 is 18.0 Å². The fraction of sp³-hybridized carbons (Fsp3) is 0.182. The number of carbonyl (C=O) groups excluding carboxylic acids is 2. The number of amides is 2. The second-order valence-electron chi connectivity index (χ2n) is 6.75. The van der Waals surface area contributed by atoms with Gasteiger partial charge < -0.3 is 10.6 Å². The highest BCUT2D eigenvalue weighted by Gasteiger charge is 2.25. The number of benzene rings is 3. The number of nitrogens with zero attached hydrogens (tertiary/aromatic N) is 1. The van der Waals surface area contributed by atoms with Crippen molar-refractivity contribution in [3.8, 4) is 0 Å². The van der Waals surface area contributed by atoms with Crippen molar-refractivity contribution in [3.63, 3.8) is 0 Å². The molecule has 7 nitrogen and oxygen atoms in total. The Balaban J connectivity index is 1.76. The molecule has 0 unspecified atom stereocenters. The second kappa shape index (κ2) is 9.06. The highest BCUT2D eigenvalue weighted by Crippen LogP contribution is 2.22. The molecule has 2 N–H and O–H groups in total. The summed E-state index contributed by atoms with van der Waals surface area (Å²) in [6.45, 7) is 2.90. The van der Waals surface area contributed by atoms with Crippen LogP contribution >= 0.6 is 0 Å². The first kappa shape index (κ1) is 21.5. The van der Waals surface area contributed by atoms with E-state index >= 15 is 0 Å². The number of anilines is 2. The first-order valence-corrected chi connectivity index (χ1v) is 10.9. The van der Waals surface area contributed by atoms with E-state index in [-0.39, 0.29) is 23.9 Å². The Labute approximate surface area is 175 Å². The minimum atomic E-state index is -3.84. The van der Waals surface area contributed by atoms with Crippen molar-refractivity contribution in [2.45, 2.75) is 18.7 Å². The van der Waals surface area contributed by atoms with Gasteiger partial charge in [-0.15, -0.1) is 0 Å². The van der Waals surface area contributed by atoms with Gasteiger partial charge in [-0.2, -0.15) is 4.31 Å². The Hall–Kier alpha value is -3.23. The number of nitrogens with one attached hydrogen (secondary N) is 2. The molecule has 2 amide bonds. The van der Waals surface area contributed by atoms with Crippen molar-refractivity contribution in [2.75, 3.05) is 23.7 Å². The van der Waals surface area contributed by atoms with Gasteiger partial charge in [-0.1, -0.05) is 43.3 Å². The van der Waals surface area contributed by atoms with E-state index in [0.29, 0.717) is 11.4 Å². The Kier molecular flexibility index (Phi) is 6.49. The molecule has 3 rings (SSSR count). The molecule has 0 fully saturated rings. The summed E-state index contributed by atoms with van der Waals surface area (Å²) in [5, 5.41) is 7.07. The normalized spacial score (nSPS) is 11.4. The van der Waals surface area contributed by atoms with Crippen molar-refractivity contribution in [3.05, 3.63) is 66.7 Å². The number of sulfonamides is 1. The molecule has 156 valence electrons. The molecule has 30 heavy (non-hydrogen) atoms. The first-order chi connectivity index (χ1) is 14.3. The fourth-order valence-electron chi connectivity index (χ4n) is 3.08. The number of rotatable bonds is 7. The lowest BCUT2D eigenvalue weighted by molar-refractivity contribution is -0.116. The topological polar surface area (TPSA) is 95.6 Å². The highest BCUT2D eigenvalue weighted by atomic mass is 32.2. The third-order valence-electron chi connectivity index (χ3n) is 4.50. The predicted octanol–water partition coefficient (Wildman–Crippen LogP) is 3.45. The number of likely N-dealkylation sites (N-methyl/N-ethyl adjacent to an activating group) is 1. The number of hydrogen-bond acceptors (Lipinski definition) is 4. The van der Waals surface area contributed by atoms with Gasteiger partial charge in [-0.25, -0.2) is 8.42 Å². The Morgan fingerprint density at radius 3 is 2.20 bits per heavy atom. The number of fused-ring (bicyclic) bond motifs is 1. The predicted molar refractivity (Wildman–Crippen MR) is 118 cm³/mol. The Morgan fingerprint density at radius 1 is 0.867 bits per heavy atom. The van der Waals surface area contributed by atoms with Crippen LogP contribution in [0.25, 0.3) is 10.8 Å². The van der Waals surface area contributed by atoms with Gasteiger partial charge in [0.1, 0.15) is 0 Å². The van der Waals surface area contributed by atoms with Crippen LogP contribution in [0.3, 0.4) is 0 Å². The number of hydrogen-bond donors (Lipinski definition) is 2. The van der Waals surface area contributed by atoms with Crippen LogP contribution in [-0.2, 0) is 19.6 Å². The molecule has 3 aromatic carbocycles. The zero-order valence-corrected chi connectivity index (χ0v) is 17.6. The molecule has 0 atom stereocenters. The SMILES string of the molecule is CCN(CC(=O)Nc1cccc(NC(C)=O)c1)S(=O)(=O)c1ccc2ccccc2c1. The summed E-state index contributed by atoms with van der Waals surface area (Å²) in [7, 11) is -3.84. The lowest BCUT2D eigenvalue weighted by Gasteiger charge is -2.20. The van der Waals surface area contributed by atoms with Gasteiger partial charge in [0.05, 0.1) is 11.4 Å². The van der Waals surface area contributed by atoms with E-state index in [1.165, 1.54) is 6.92 Å². The maximum absolute atomic E-state index is 13.1. The first-order valence-electron chi connectivity index (χ1n) is 9.46. The van der Waals surface area contributed by atoms with Crippen molar-refractivity contribution in [2.24, 2.45) is 0 Å². The molecular formula is C22H23N3O4S. The molecule has 3 aromatic rings. The molecule has 0 aliphatic heterocycles. The van der Waals surface area contributed by atoms with Crippen LogP contribution < -0.4 is 10.6 Å². The Bertz CT molecular complexity index is 1190. The van der Waals surface area contributed by atoms with Gasteiger partial charge in [-0.3, -0.25) is 9.59 Å². The van der Waals surface area contributed by atoms with Crippen LogP contribution in [0.2, 0.25) is 0 Å². The fourth-order valence-corrected chi connectivity index (χ4v) is 4.52. The third kappa shape index (κ3) is 5.03. The quantitative estimate of drug-likeness (QED) is 0.606. The maximum Gasteiger partial charge on any atom is 0.243 e. The van der Waals surface area contributed by atoms with Gasteiger partial charge >= 0.3 is 0 Å². The molecule has 0 saturated heterocycles. The van der Waals surface area contributed by atoms with Gasteiger partial charge in [0.15, 0.2) is 0 Å². The van der Waals surface area contributed by atoms with E-state index < -0.39 is 15.9 Å². The standard InChI is InChI=1S/C22H23N3O4S/c1-3-25(15-22(27)24-20-10-6-9-19(14-20)23-16(2)26)30(28,29)21-12-11-17-7-4-5-8-18(17)13-21/h4-14H,3,15H2,1-2H3,(H,23,26)(H,24,27). The molecular weight excluding hydrogens is 402 g/mol. The van der Waals surface area contributed by atoms with Crippen LogP contribution in [0.15, 0.2) is 71.6 Å². The van der Waals surface area contributed by atoms with Crippen LogP contribution in [-0.4, -0.2) is 37.6 Å². The molecule has 0 bridgehead atoms. The largest absolute Gasteiger partial charge is 0.326 e. The van der Waals surface area contributed by atoms with Gasteiger partial charge in [-0.05, 0) is 41.1 Å². The lowest BCUT2D eigenvalue weighted by Crippen LogP contribution is -2.37. The summed E-state index contributed by atoms with van der Waals surface area (Å²) in [4.78, 5) is 23.8. The minimum absolute atomic E-state index is 0.142. The molecule has 8 heteroatoms. The van der Waals surface area contributed by atoms with Gasteiger partial charge in [0, 0.05) is 24.8 Å². The van der Waals surface area contributed by atoms with E-state index in [4.69, 9.17) is 0 Å². The summed E-state index contributed by atoms with van der Waals surface area (Å²) < 4.78 is 27.3. The zero-order valence-electron chi connectivity index (χ0n) is 16.8. The molecule has 0 aromatic heterocycles. The average Bonchev–Trinajstić information content (AvgIpc) is 2.71. The van der Waals surface area contributed by atoms with Gasteiger partial charge in [0.25, 0.3) is 0 Å². The van der Waals surface area contributed by atoms with Crippen LogP contribution in [0.5, 0.6) is 0 Å². The summed E-state index contributed by atoms with van der Waals surface area (Å²) >= 11 is 0. The summed E-state index contributed by atoms with van der Waals surface area (Å²) in [5.41, 5.74) is 1.00. The van der Waals surface area contributed by atoms with Crippen LogP contribution in [0.1, 0.15) is 13.8 Å². The molecule has 0 spiro atoms. The third-order valence-corrected chi connectivity index (χ3v) is 6.41. The van der Waals surface area contributed by atoms with E-state index in [9.17, 15) is 18.0 Å². The summed E-state index contributed by atoms with van der Waals surface area (Å²) in [5.74, 6) is -0.696. The van der Waals surface area contributed by atoms with Crippen molar-refractivity contribution >= 4 is 44.0 Å². The number of carbonyl (C=O) groups is 2. The van der Waals surface area contributed by atoms with E-state index in [1.807, 2.05) is 24.3 Å². The molecule has 0 heterocycles. The average molecular weight is 426 g/mol. The second-order valence-corrected chi connectivity index (χ2v) is 8.69. The van der Waals surface area contributed by atoms with Crippen LogP contribution in [0, 0.1) is 0 Å². The minimum Gasteiger partial charge on any atom is -0.326 e. The Morgan fingerprint density at radius 2 is 1.53 bits per heavy atom. The maximum atomic E-state index is 13.1. The van der Waals surface area contributed by atoms with Gasteiger partial charge in [0.2, 0.25) is 21.8 Å². The molecule has 0 aliphatic carbocycles. The van der Waals surface area contributed by atoms with E-state index in [0.717, 1.165) is 15.1 Å². The van der Waals surface area contributed by atoms with E-state index in [2.05, 4.69) is 10.6 Å². The zero-order chi connectivity index (χ0) is 21.7. The summed E-state index contributed by atoms with van der Waals surface area (Å²) in [6.07, 6.45) is 0. The summed E-state index contributed by atoms with van der Waals surface area (Å²) in [6, 6.07) is 19.1.